The first-order chi connectivity index (χ1) is 28.5. The minimum absolute atomic E-state index is 0.00637. The van der Waals surface area contributed by atoms with E-state index in [-0.39, 0.29) is 13.2 Å². The smallest absolute Gasteiger partial charge is 0.458 e. The zero-order valence-corrected chi connectivity index (χ0v) is 38.8. The summed E-state index contributed by atoms with van der Waals surface area (Å²) >= 11 is 0. The maximum atomic E-state index is 12.6. The van der Waals surface area contributed by atoms with Gasteiger partial charge in [0.2, 0.25) is 0 Å². The van der Waals surface area contributed by atoms with Crippen molar-refractivity contribution in [3.63, 3.8) is 0 Å². The molecule has 0 aliphatic carbocycles. The lowest BCUT2D eigenvalue weighted by Crippen LogP contribution is -2.37. The number of carbonyl (C=O) groups is 2. The van der Waals surface area contributed by atoms with Crippen LogP contribution in [0.2, 0.25) is 0 Å². The van der Waals surface area contributed by atoms with E-state index in [0.29, 0.717) is 11.0 Å². The fourth-order valence-electron chi connectivity index (χ4n) is 5.87. The topological polar surface area (TPSA) is 108 Å². The van der Waals surface area contributed by atoms with Gasteiger partial charge in [0.05, 0.1) is 27.7 Å². The molecule has 1 N–H and O–H groups in total. The van der Waals surface area contributed by atoms with Crippen molar-refractivity contribution < 1.29 is 42.1 Å². The molecule has 2 unspecified atom stereocenters. The molecule has 0 saturated heterocycles. The van der Waals surface area contributed by atoms with Gasteiger partial charge in [0, 0.05) is 12.2 Å². The molecule has 10 heteroatoms. The van der Waals surface area contributed by atoms with Gasteiger partial charge in [-0.1, -0.05) is 209 Å². The maximum absolute atomic E-state index is 12.6. The van der Waals surface area contributed by atoms with Gasteiger partial charge in [-0.25, -0.2) is 14.2 Å². The Morgan fingerprint density at radius 2 is 0.949 bits per heavy atom. The fourth-order valence-corrected chi connectivity index (χ4v) is 6.61. The molecule has 9 nitrogen and oxygen atoms in total. The molecule has 0 aromatic heterocycles. The van der Waals surface area contributed by atoms with Gasteiger partial charge in [-0.15, -0.1) is 0 Å². The lowest BCUT2D eigenvalue weighted by atomic mass is 10.0. The van der Waals surface area contributed by atoms with Crippen LogP contribution in [0, 0.1) is 0 Å². The molecule has 0 aromatic rings. The minimum Gasteiger partial charge on any atom is -0.458 e. The predicted molar refractivity (Wildman–Crippen MR) is 247 cm³/mol. The van der Waals surface area contributed by atoms with Crippen LogP contribution in [0.1, 0.15) is 162 Å². The Labute approximate surface area is 361 Å². The number of hydrogen-bond donors (Lipinski definition) is 1. The normalized spacial score (nSPS) is 14.3. The fraction of sp³-hybridized carbons (Fsp3) is 0.673. The van der Waals surface area contributed by atoms with Gasteiger partial charge < -0.3 is 18.9 Å². The highest BCUT2D eigenvalue weighted by Crippen LogP contribution is 2.43. The van der Waals surface area contributed by atoms with E-state index in [2.05, 4.69) is 26.0 Å². The average Bonchev–Trinajstić information content (AvgIpc) is 3.19. The molecule has 338 valence electrons. The quantitative estimate of drug-likeness (QED) is 0.0162. The van der Waals surface area contributed by atoms with Crippen molar-refractivity contribution >= 4 is 19.8 Å². The molecule has 0 aliphatic heterocycles. The van der Waals surface area contributed by atoms with Crippen molar-refractivity contribution in [2.75, 3.05) is 47.5 Å². The second-order valence-electron chi connectivity index (χ2n) is 16.3. The summed E-state index contributed by atoms with van der Waals surface area (Å²) in [7, 11) is 1.35. The monoisotopic (exact) mass is 847 g/mol. The number of phosphoric acid groups is 1. The first-order valence-corrected chi connectivity index (χ1v) is 24.4. The Hall–Kier alpha value is -2.81. The number of unbranched alkanes of at least 4 members (excludes halogenated alkanes) is 21. The third-order valence-electron chi connectivity index (χ3n) is 9.46. The Morgan fingerprint density at radius 3 is 1.42 bits per heavy atom. The third-order valence-corrected chi connectivity index (χ3v) is 10.4. The number of rotatable bonds is 40. The number of hydrogen-bond acceptors (Lipinski definition) is 7. The van der Waals surface area contributed by atoms with Crippen LogP contribution in [0.25, 0.3) is 0 Å². The van der Waals surface area contributed by atoms with Crippen LogP contribution < -0.4 is 0 Å². The van der Waals surface area contributed by atoms with Gasteiger partial charge in [-0.05, 0) is 25.7 Å². The zero-order chi connectivity index (χ0) is 43.6. The van der Waals surface area contributed by atoms with Crippen LogP contribution in [-0.4, -0.2) is 74.9 Å². The van der Waals surface area contributed by atoms with Crippen molar-refractivity contribution in [1.29, 1.82) is 0 Å². The van der Waals surface area contributed by atoms with Crippen LogP contribution in [0.5, 0.6) is 0 Å². The van der Waals surface area contributed by atoms with E-state index in [4.69, 9.17) is 18.5 Å². The van der Waals surface area contributed by atoms with Crippen LogP contribution in [0.3, 0.4) is 0 Å². The van der Waals surface area contributed by atoms with Crippen LogP contribution in [0.4, 0.5) is 0 Å². The molecule has 0 aromatic carbocycles. The molecule has 59 heavy (non-hydrogen) atoms. The summed E-state index contributed by atoms with van der Waals surface area (Å²) in [5, 5.41) is 0. The van der Waals surface area contributed by atoms with Crippen molar-refractivity contribution in [3.8, 4) is 0 Å². The minimum atomic E-state index is -4.43. The van der Waals surface area contributed by atoms with Gasteiger partial charge >= 0.3 is 19.8 Å². The van der Waals surface area contributed by atoms with E-state index in [0.717, 1.165) is 25.7 Å². The van der Waals surface area contributed by atoms with Gasteiger partial charge in [-0.2, -0.15) is 0 Å². The number of phosphoric ester groups is 1. The van der Waals surface area contributed by atoms with Crippen molar-refractivity contribution in [1.82, 2.24) is 0 Å². The summed E-state index contributed by atoms with van der Waals surface area (Å²) in [6.07, 6.45) is 53.3. The van der Waals surface area contributed by atoms with Gasteiger partial charge in [0.1, 0.15) is 19.8 Å². The van der Waals surface area contributed by atoms with E-state index < -0.39 is 32.5 Å². The van der Waals surface area contributed by atoms with E-state index in [1.54, 1.807) is 18.2 Å². The summed E-state index contributed by atoms with van der Waals surface area (Å²) < 4.78 is 33.9. The summed E-state index contributed by atoms with van der Waals surface area (Å²) in [5.41, 5.74) is 0. The van der Waals surface area contributed by atoms with Crippen molar-refractivity contribution in [2.24, 2.45) is 0 Å². The zero-order valence-electron chi connectivity index (χ0n) is 38.0. The number of quaternary nitrogens is 1. The summed E-state index contributed by atoms with van der Waals surface area (Å²) in [4.78, 5) is 35.1. The highest BCUT2D eigenvalue weighted by Gasteiger charge is 2.26. The number of carbonyl (C=O) groups excluding carboxylic acids is 2. The predicted octanol–water partition coefficient (Wildman–Crippen LogP) is 13.2. The highest BCUT2D eigenvalue weighted by molar-refractivity contribution is 7.47. The molecule has 0 radical (unpaired) electrons. The Kier molecular flexibility index (Phi) is 38.7. The van der Waals surface area contributed by atoms with Crippen molar-refractivity contribution in [2.45, 2.75) is 168 Å². The molecule has 0 fully saturated rings. The number of nitrogens with zero attached hydrogens (tertiary/aromatic N) is 1. The van der Waals surface area contributed by atoms with E-state index >= 15 is 0 Å². The first-order valence-electron chi connectivity index (χ1n) is 22.9. The standard InChI is InChI=1S/C49H84NO8P/c1-6-8-10-12-14-16-18-20-22-24-25-26-28-30-32-34-36-38-40-42-49(52)58-47(46-57-59(53,54)56-44-43-50(3,4)5)45-55-48(51)41-39-37-35-33-31-29-27-23-21-19-17-15-13-11-9-7-2/h22,24-26,28,30,32,34,36,38-42,47H,6-21,23,27,29,31,33,35,37,43-46H2,1-5H3/p+1/b24-22+,26-25-,30-28-,34-32-,38-36-,41-39?,42-40-. The lowest BCUT2D eigenvalue weighted by Gasteiger charge is -2.24. The molecule has 0 rings (SSSR count). The van der Waals surface area contributed by atoms with E-state index in [1.807, 2.05) is 57.6 Å². The number of allylic oxidation sites excluding steroid dienone is 12. The Balaban J connectivity index is 4.64. The van der Waals surface area contributed by atoms with Gasteiger partial charge in [-0.3, -0.25) is 9.05 Å². The number of likely N-dealkylation sites (N-methyl/N-ethyl adjacent to an activating group) is 1. The van der Waals surface area contributed by atoms with Crippen molar-refractivity contribution in [3.05, 3.63) is 85.1 Å². The molecule has 0 heterocycles. The highest BCUT2D eigenvalue weighted by atomic mass is 31.2. The van der Waals surface area contributed by atoms with Crippen LogP contribution in [0.15, 0.2) is 85.1 Å². The molecule has 0 bridgehead atoms. The molecular formula is C49H85NO8P+. The van der Waals surface area contributed by atoms with Gasteiger partial charge in [0.25, 0.3) is 0 Å². The van der Waals surface area contributed by atoms with Gasteiger partial charge in [0.15, 0.2) is 6.10 Å². The average molecular weight is 847 g/mol. The lowest BCUT2D eigenvalue weighted by molar-refractivity contribution is -0.870. The Morgan fingerprint density at radius 1 is 0.525 bits per heavy atom. The molecule has 0 amide bonds. The first kappa shape index (κ1) is 56.2. The Bertz CT molecular complexity index is 1280. The van der Waals surface area contributed by atoms with E-state index in [1.165, 1.54) is 140 Å². The number of ether oxygens (including phenoxy) is 2. The molecular weight excluding hydrogens is 762 g/mol. The SMILES string of the molecule is CCCCCCCCC/C=C/C=C\C=C/C=C\C=C/C=C\C(=O)OC(COC(=O)C=CCCCCCCCCCCCCCCCC)COP(=O)(O)OCC[N+](C)(C)C. The largest absolute Gasteiger partial charge is 0.472 e. The second kappa shape index (κ2) is 40.6. The summed E-state index contributed by atoms with van der Waals surface area (Å²) in [5.74, 6) is -1.31. The molecule has 0 spiro atoms. The maximum Gasteiger partial charge on any atom is 0.472 e. The molecule has 0 aliphatic rings. The molecule has 0 saturated carbocycles. The molecule has 2 atom stereocenters. The van der Waals surface area contributed by atoms with Crippen LogP contribution in [-0.2, 0) is 32.7 Å². The van der Waals surface area contributed by atoms with E-state index in [9.17, 15) is 19.0 Å². The third kappa shape index (κ3) is 44.6. The summed E-state index contributed by atoms with van der Waals surface area (Å²) in [6, 6.07) is 0. The van der Waals surface area contributed by atoms with Crippen LogP contribution >= 0.6 is 7.82 Å². The number of esters is 2. The summed E-state index contributed by atoms with van der Waals surface area (Å²) in [6.45, 7) is 4.13. The second-order valence-corrected chi connectivity index (χ2v) is 17.8.